The first kappa shape index (κ1) is 19.2. The third-order valence-corrected chi connectivity index (χ3v) is 4.57. The fourth-order valence-corrected chi connectivity index (χ4v) is 3.18. The number of likely N-dealkylation sites (N-methyl/N-ethyl adjacent to an activating group) is 1. The van der Waals surface area contributed by atoms with Crippen LogP contribution in [0.15, 0.2) is 30.5 Å². The van der Waals surface area contributed by atoms with Crippen molar-refractivity contribution in [3.63, 3.8) is 0 Å². The number of hydrogen-bond acceptors (Lipinski definition) is 3. The molecule has 146 valence electrons. The summed E-state index contributed by atoms with van der Waals surface area (Å²) in [5.41, 5.74) is 0.413. The van der Waals surface area contributed by atoms with Crippen molar-refractivity contribution in [2.75, 3.05) is 20.2 Å². The molecular formula is C18H19F4N3O2. The fourth-order valence-electron chi connectivity index (χ4n) is 3.18. The van der Waals surface area contributed by atoms with Crippen molar-refractivity contribution >= 4 is 5.91 Å². The van der Waals surface area contributed by atoms with Gasteiger partial charge in [-0.2, -0.15) is 13.2 Å². The molecule has 1 aliphatic heterocycles. The number of amides is 1. The van der Waals surface area contributed by atoms with Crippen molar-refractivity contribution in [3.05, 3.63) is 47.8 Å². The number of alkyl halides is 3. The minimum Gasteiger partial charge on any atom is -0.492 e. The summed E-state index contributed by atoms with van der Waals surface area (Å²) in [6.07, 6.45) is -2.77. The molecule has 1 aromatic carbocycles. The van der Waals surface area contributed by atoms with Crippen LogP contribution in [0.25, 0.3) is 0 Å². The number of imidazole rings is 1. The molecule has 0 aliphatic carbocycles. The van der Waals surface area contributed by atoms with Crippen LogP contribution in [-0.2, 0) is 23.9 Å². The quantitative estimate of drug-likeness (QED) is 0.743. The Labute approximate surface area is 153 Å². The van der Waals surface area contributed by atoms with Gasteiger partial charge in [0.1, 0.15) is 18.2 Å². The predicted octanol–water partition coefficient (Wildman–Crippen LogP) is 3.14. The normalized spacial score (nSPS) is 16.7. The minimum absolute atomic E-state index is 0.105. The van der Waals surface area contributed by atoms with Crippen LogP contribution in [0.4, 0.5) is 17.6 Å². The fraction of sp³-hybridized carbons (Fsp3) is 0.444. The second-order valence-electron chi connectivity index (χ2n) is 6.48. The van der Waals surface area contributed by atoms with Crippen molar-refractivity contribution in [2.45, 2.75) is 25.6 Å². The zero-order valence-electron chi connectivity index (χ0n) is 14.7. The maximum atomic E-state index is 13.1. The molecule has 1 amide bonds. The topological polar surface area (TPSA) is 47.4 Å². The molecule has 2 heterocycles. The van der Waals surface area contributed by atoms with Crippen LogP contribution in [0.1, 0.15) is 17.9 Å². The van der Waals surface area contributed by atoms with E-state index in [0.717, 1.165) is 4.57 Å². The Morgan fingerprint density at radius 1 is 1.41 bits per heavy atom. The highest BCUT2D eigenvalue weighted by atomic mass is 19.4. The highest BCUT2D eigenvalue weighted by molar-refractivity contribution is 5.79. The Hall–Kier alpha value is -2.58. The standard InChI is InChI=1S/C18H19F4N3O2/c1-24(7-8-27-15-4-2-3-13(19)10-15)16(26)12-5-6-25-14(9-12)11-23-17(25)18(20,21)22/h2-4,10-12H,5-9H2,1H3/t12-/m1/s1. The highest BCUT2D eigenvalue weighted by Crippen LogP contribution is 2.32. The summed E-state index contributed by atoms with van der Waals surface area (Å²) in [5, 5.41) is 0. The summed E-state index contributed by atoms with van der Waals surface area (Å²) >= 11 is 0. The van der Waals surface area contributed by atoms with Crippen LogP contribution >= 0.6 is 0 Å². The Kier molecular flexibility index (Phi) is 5.38. The van der Waals surface area contributed by atoms with Gasteiger partial charge in [0.15, 0.2) is 0 Å². The van der Waals surface area contributed by atoms with Crippen LogP contribution in [0.3, 0.4) is 0 Å². The van der Waals surface area contributed by atoms with Crippen LogP contribution < -0.4 is 4.74 Å². The Balaban J connectivity index is 1.54. The average Bonchev–Trinajstić information content (AvgIpc) is 3.04. The molecule has 0 fully saturated rings. The predicted molar refractivity (Wildman–Crippen MR) is 88.6 cm³/mol. The zero-order valence-corrected chi connectivity index (χ0v) is 14.7. The van der Waals surface area contributed by atoms with Crippen LogP contribution in [0.5, 0.6) is 5.75 Å². The van der Waals surface area contributed by atoms with E-state index >= 15 is 0 Å². The van der Waals surface area contributed by atoms with Gasteiger partial charge in [0.05, 0.1) is 6.54 Å². The van der Waals surface area contributed by atoms with Crippen LogP contribution in [-0.4, -0.2) is 40.6 Å². The van der Waals surface area contributed by atoms with Gasteiger partial charge in [-0.15, -0.1) is 0 Å². The molecule has 2 aromatic rings. The Bertz CT molecular complexity index is 819. The lowest BCUT2D eigenvalue weighted by molar-refractivity contribution is -0.147. The molecule has 0 spiro atoms. The third-order valence-electron chi connectivity index (χ3n) is 4.57. The molecule has 0 N–H and O–H groups in total. The second-order valence-corrected chi connectivity index (χ2v) is 6.48. The molecule has 1 atom stereocenters. The van der Waals surface area contributed by atoms with Crippen molar-refractivity contribution in [2.24, 2.45) is 5.92 Å². The zero-order chi connectivity index (χ0) is 19.6. The minimum atomic E-state index is -4.50. The van der Waals surface area contributed by atoms with E-state index in [2.05, 4.69) is 4.98 Å². The van der Waals surface area contributed by atoms with Gasteiger partial charge in [0, 0.05) is 43.9 Å². The number of carbonyl (C=O) groups is 1. The van der Waals surface area contributed by atoms with E-state index in [0.29, 0.717) is 24.4 Å². The third kappa shape index (κ3) is 4.40. The first-order valence-corrected chi connectivity index (χ1v) is 8.50. The van der Waals surface area contributed by atoms with E-state index in [4.69, 9.17) is 4.74 Å². The van der Waals surface area contributed by atoms with Crippen LogP contribution in [0, 0.1) is 11.7 Å². The molecule has 1 aliphatic rings. The SMILES string of the molecule is CN(CCOc1cccc(F)c1)C(=O)[C@@H]1CCn2c(cnc2C(F)(F)F)C1. The highest BCUT2D eigenvalue weighted by Gasteiger charge is 2.39. The number of ether oxygens (including phenoxy) is 1. The van der Waals surface area contributed by atoms with Gasteiger partial charge >= 0.3 is 6.18 Å². The van der Waals surface area contributed by atoms with Crippen LogP contribution in [0.2, 0.25) is 0 Å². The maximum Gasteiger partial charge on any atom is 0.449 e. The van der Waals surface area contributed by atoms with Gasteiger partial charge < -0.3 is 14.2 Å². The average molecular weight is 385 g/mol. The number of hydrogen-bond donors (Lipinski definition) is 0. The van der Waals surface area contributed by atoms with E-state index in [-0.39, 0.29) is 25.5 Å². The molecule has 9 heteroatoms. The molecule has 0 bridgehead atoms. The number of benzene rings is 1. The monoisotopic (exact) mass is 385 g/mol. The van der Waals surface area contributed by atoms with Gasteiger partial charge in [0.2, 0.25) is 11.7 Å². The summed E-state index contributed by atoms with van der Waals surface area (Å²) in [4.78, 5) is 17.5. The van der Waals surface area contributed by atoms with Gasteiger partial charge in [-0.1, -0.05) is 6.07 Å². The summed E-state index contributed by atoms with van der Waals surface area (Å²) in [7, 11) is 1.62. The lowest BCUT2D eigenvalue weighted by Crippen LogP contribution is -2.39. The maximum absolute atomic E-state index is 13.1. The van der Waals surface area contributed by atoms with E-state index in [1.165, 1.54) is 29.3 Å². The molecular weight excluding hydrogens is 366 g/mol. The molecule has 0 unspecified atom stereocenters. The molecule has 27 heavy (non-hydrogen) atoms. The van der Waals surface area contributed by atoms with Gasteiger partial charge in [-0.05, 0) is 18.6 Å². The molecule has 0 saturated carbocycles. The van der Waals surface area contributed by atoms with Gasteiger partial charge in [-0.3, -0.25) is 4.79 Å². The number of aromatic nitrogens is 2. The molecule has 0 saturated heterocycles. The summed E-state index contributed by atoms with van der Waals surface area (Å²) in [6.45, 7) is 0.585. The van der Waals surface area contributed by atoms with E-state index in [1.54, 1.807) is 13.1 Å². The Morgan fingerprint density at radius 2 is 2.19 bits per heavy atom. The number of halogens is 4. The summed E-state index contributed by atoms with van der Waals surface area (Å²) in [5.74, 6) is -1.50. The number of carbonyl (C=O) groups excluding carboxylic acids is 1. The Morgan fingerprint density at radius 3 is 2.89 bits per heavy atom. The molecule has 5 nitrogen and oxygen atoms in total. The molecule has 0 radical (unpaired) electrons. The van der Waals surface area contributed by atoms with Crippen molar-refractivity contribution in [3.8, 4) is 5.75 Å². The number of rotatable bonds is 5. The smallest absolute Gasteiger partial charge is 0.449 e. The molecule has 1 aromatic heterocycles. The van der Waals surface area contributed by atoms with E-state index in [9.17, 15) is 22.4 Å². The number of fused-ring (bicyclic) bond motifs is 1. The summed E-state index contributed by atoms with van der Waals surface area (Å²) < 4.78 is 58.4. The largest absolute Gasteiger partial charge is 0.492 e. The first-order valence-electron chi connectivity index (χ1n) is 8.50. The first-order chi connectivity index (χ1) is 12.8. The lowest BCUT2D eigenvalue weighted by atomic mass is 9.95. The molecule has 3 rings (SSSR count). The van der Waals surface area contributed by atoms with Crippen molar-refractivity contribution in [1.29, 1.82) is 0 Å². The lowest BCUT2D eigenvalue weighted by Gasteiger charge is -2.28. The van der Waals surface area contributed by atoms with Gasteiger partial charge in [0.25, 0.3) is 0 Å². The number of nitrogens with zero attached hydrogens (tertiary/aromatic N) is 3. The van der Waals surface area contributed by atoms with E-state index < -0.39 is 23.7 Å². The van der Waals surface area contributed by atoms with Crippen molar-refractivity contribution < 1.29 is 27.1 Å². The van der Waals surface area contributed by atoms with Gasteiger partial charge in [-0.25, -0.2) is 9.37 Å². The summed E-state index contributed by atoms with van der Waals surface area (Å²) in [6, 6.07) is 5.70. The van der Waals surface area contributed by atoms with Crippen molar-refractivity contribution in [1.82, 2.24) is 14.5 Å². The second kappa shape index (κ2) is 7.58. The van der Waals surface area contributed by atoms with E-state index in [1.807, 2.05) is 0 Å².